The molecule has 0 N–H and O–H groups in total. The Bertz CT molecular complexity index is 305. The normalized spacial score (nSPS) is 29.5. The molecule has 98 valence electrons. The molecule has 0 aromatic heterocycles. The first-order chi connectivity index (χ1) is 8.06. The number of ketones is 1. The lowest BCUT2D eigenvalue weighted by Crippen LogP contribution is -2.55. The van der Waals surface area contributed by atoms with Gasteiger partial charge in [0.1, 0.15) is 6.10 Å². The van der Waals surface area contributed by atoms with Gasteiger partial charge in [0.25, 0.3) is 0 Å². The van der Waals surface area contributed by atoms with Crippen LogP contribution in [0.1, 0.15) is 26.7 Å². The molecule has 0 heterocycles. The highest BCUT2D eigenvalue weighted by Gasteiger charge is 2.51. The number of carbonyl (C=O) groups excluding carboxylic acids is 1. The molecule has 0 bridgehead atoms. The molecule has 0 aromatic carbocycles. The number of hydrogen-bond acceptors (Lipinski definition) is 4. The fourth-order valence-electron chi connectivity index (χ4n) is 2.59. The van der Waals surface area contributed by atoms with Gasteiger partial charge in [0.2, 0.25) is 0 Å². The van der Waals surface area contributed by atoms with Crippen LogP contribution in [-0.4, -0.2) is 39.0 Å². The third-order valence-corrected chi connectivity index (χ3v) is 3.70. The van der Waals surface area contributed by atoms with Crippen LogP contribution in [-0.2, 0) is 19.0 Å². The van der Waals surface area contributed by atoms with E-state index in [0.29, 0.717) is 12.8 Å². The van der Waals surface area contributed by atoms with Crippen LogP contribution in [0.15, 0.2) is 11.6 Å². The third-order valence-electron chi connectivity index (χ3n) is 3.70. The number of carbonyl (C=O) groups is 1. The Balaban J connectivity index is 3.18. The molecule has 0 radical (unpaired) electrons. The lowest BCUT2D eigenvalue weighted by Gasteiger charge is -2.45. The van der Waals surface area contributed by atoms with Crippen molar-refractivity contribution in [2.24, 2.45) is 5.92 Å². The summed E-state index contributed by atoms with van der Waals surface area (Å²) in [5, 5.41) is 0. The van der Waals surface area contributed by atoms with Crippen LogP contribution in [0.3, 0.4) is 0 Å². The van der Waals surface area contributed by atoms with Gasteiger partial charge in [-0.3, -0.25) is 4.79 Å². The monoisotopic (exact) mass is 242 g/mol. The summed E-state index contributed by atoms with van der Waals surface area (Å²) in [4.78, 5) is 11.9. The van der Waals surface area contributed by atoms with E-state index >= 15 is 0 Å². The van der Waals surface area contributed by atoms with Crippen molar-refractivity contribution in [2.75, 3.05) is 21.3 Å². The van der Waals surface area contributed by atoms with Crippen molar-refractivity contribution in [2.45, 2.75) is 38.6 Å². The summed E-state index contributed by atoms with van der Waals surface area (Å²) in [6, 6.07) is 0. The summed E-state index contributed by atoms with van der Waals surface area (Å²) in [6.07, 6.45) is 2.48. The second kappa shape index (κ2) is 5.76. The van der Waals surface area contributed by atoms with Crippen molar-refractivity contribution in [1.29, 1.82) is 0 Å². The SMILES string of the molecule is CC=C(C)C1C(OC)C(=O)CCC1(OC)OC. The zero-order valence-electron chi connectivity index (χ0n) is 11.3. The molecule has 2 unspecified atom stereocenters. The minimum absolute atomic E-state index is 0.114. The first-order valence-electron chi connectivity index (χ1n) is 5.85. The van der Waals surface area contributed by atoms with E-state index < -0.39 is 11.9 Å². The van der Waals surface area contributed by atoms with Crippen LogP contribution in [0.25, 0.3) is 0 Å². The molecule has 0 aliphatic heterocycles. The van der Waals surface area contributed by atoms with Crippen molar-refractivity contribution in [1.82, 2.24) is 0 Å². The van der Waals surface area contributed by atoms with Crippen molar-refractivity contribution >= 4 is 5.78 Å². The van der Waals surface area contributed by atoms with Crippen LogP contribution >= 0.6 is 0 Å². The summed E-state index contributed by atoms with van der Waals surface area (Å²) in [7, 11) is 4.78. The zero-order chi connectivity index (χ0) is 13.1. The van der Waals surface area contributed by atoms with Gasteiger partial charge >= 0.3 is 0 Å². The Morgan fingerprint density at radius 2 is 1.94 bits per heavy atom. The quantitative estimate of drug-likeness (QED) is 0.558. The molecular formula is C13H22O4. The van der Waals surface area contributed by atoms with Gasteiger partial charge in [-0.2, -0.15) is 0 Å². The maximum atomic E-state index is 11.9. The smallest absolute Gasteiger partial charge is 0.177 e. The van der Waals surface area contributed by atoms with Crippen molar-refractivity contribution in [3.63, 3.8) is 0 Å². The van der Waals surface area contributed by atoms with Crippen molar-refractivity contribution in [3.05, 3.63) is 11.6 Å². The predicted molar refractivity (Wildman–Crippen MR) is 64.7 cm³/mol. The highest BCUT2D eigenvalue weighted by molar-refractivity contribution is 5.85. The van der Waals surface area contributed by atoms with Gasteiger partial charge in [-0.1, -0.05) is 11.6 Å². The minimum Gasteiger partial charge on any atom is -0.373 e. The molecule has 0 saturated heterocycles. The largest absolute Gasteiger partial charge is 0.373 e. The summed E-state index contributed by atoms with van der Waals surface area (Å²) < 4.78 is 16.4. The Hall–Kier alpha value is -0.710. The fraction of sp³-hybridized carbons (Fsp3) is 0.769. The van der Waals surface area contributed by atoms with E-state index in [2.05, 4.69) is 0 Å². The molecule has 1 rings (SSSR count). The standard InChI is InChI=1S/C13H22O4/c1-6-9(2)11-12(15-3)10(14)7-8-13(11,16-4)17-5/h6,11-12H,7-8H2,1-5H3. The molecule has 1 saturated carbocycles. The molecule has 2 atom stereocenters. The second-order valence-electron chi connectivity index (χ2n) is 4.35. The van der Waals surface area contributed by atoms with Crippen LogP contribution < -0.4 is 0 Å². The highest BCUT2D eigenvalue weighted by Crippen LogP contribution is 2.41. The second-order valence-corrected chi connectivity index (χ2v) is 4.35. The topological polar surface area (TPSA) is 44.8 Å². The van der Waals surface area contributed by atoms with E-state index in [1.165, 1.54) is 0 Å². The molecule has 0 aromatic rings. The number of Topliss-reactive ketones (excluding diaryl/α,β-unsaturated/α-hetero) is 1. The van der Waals surface area contributed by atoms with Gasteiger partial charge in [-0.25, -0.2) is 0 Å². The van der Waals surface area contributed by atoms with Crippen molar-refractivity contribution in [3.8, 4) is 0 Å². The number of rotatable bonds is 4. The van der Waals surface area contributed by atoms with E-state index in [9.17, 15) is 4.79 Å². The molecule has 17 heavy (non-hydrogen) atoms. The molecule has 1 aliphatic carbocycles. The van der Waals surface area contributed by atoms with E-state index in [1.807, 2.05) is 19.9 Å². The van der Waals surface area contributed by atoms with Crippen LogP contribution in [0.2, 0.25) is 0 Å². The molecule has 1 fully saturated rings. The van der Waals surface area contributed by atoms with Crippen LogP contribution in [0.5, 0.6) is 0 Å². The van der Waals surface area contributed by atoms with Gasteiger partial charge in [-0.05, 0) is 13.8 Å². The fourth-order valence-corrected chi connectivity index (χ4v) is 2.59. The predicted octanol–water partition coefficient (Wildman–Crippen LogP) is 1.94. The highest BCUT2D eigenvalue weighted by atomic mass is 16.7. The van der Waals surface area contributed by atoms with Crippen LogP contribution in [0, 0.1) is 5.92 Å². The third kappa shape index (κ3) is 2.44. The van der Waals surface area contributed by atoms with E-state index in [0.717, 1.165) is 5.57 Å². The van der Waals surface area contributed by atoms with Gasteiger partial charge in [-0.15, -0.1) is 0 Å². The maximum absolute atomic E-state index is 11.9. The first kappa shape index (κ1) is 14.4. The van der Waals surface area contributed by atoms with Gasteiger partial charge in [0.05, 0.1) is 5.92 Å². The summed E-state index contributed by atoms with van der Waals surface area (Å²) in [5.74, 6) is -0.831. The van der Waals surface area contributed by atoms with E-state index in [-0.39, 0.29) is 11.7 Å². The Kier molecular flexibility index (Phi) is 4.86. The summed E-state index contributed by atoms with van der Waals surface area (Å²) in [5.41, 5.74) is 1.05. The Morgan fingerprint density at radius 1 is 1.35 bits per heavy atom. The van der Waals surface area contributed by atoms with Gasteiger partial charge < -0.3 is 14.2 Å². The number of hydrogen-bond donors (Lipinski definition) is 0. The zero-order valence-corrected chi connectivity index (χ0v) is 11.3. The number of ether oxygens (including phenoxy) is 3. The Labute approximate surface area is 103 Å². The average Bonchev–Trinajstić information content (AvgIpc) is 2.37. The lowest BCUT2D eigenvalue weighted by molar-refractivity contribution is -0.260. The van der Waals surface area contributed by atoms with Gasteiger partial charge in [0, 0.05) is 34.2 Å². The van der Waals surface area contributed by atoms with Gasteiger partial charge in [0.15, 0.2) is 11.6 Å². The molecule has 0 amide bonds. The Morgan fingerprint density at radius 3 is 2.35 bits per heavy atom. The molecule has 4 heteroatoms. The van der Waals surface area contributed by atoms with E-state index in [1.54, 1.807) is 21.3 Å². The molecule has 0 spiro atoms. The molecule has 1 aliphatic rings. The number of methoxy groups -OCH3 is 3. The minimum atomic E-state index is -0.759. The van der Waals surface area contributed by atoms with E-state index in [4.69, 9.17) is 14.2 Å². The lowest BCUT2D eigenvalue weighted by atomic mass is 9.75. The molecular weight excluding hydrogens is 220 g/mol. The summed E-state index contributed by atoms with van der Waals surface area (Å²) >= 11 is 0. The number of allylic oxidation sites excluding steroid dienone is 1. The first-order valence-corrected chi connectivity index (χ1v) is 5.85. The molecule has 4 nitrogen and oxygen atoms in total. The average molecular weight is 242 g/mol. The maximum Gasteiger partial charge on any atom is 0.177 e. The summed E-state index contributed by atoms with van der Waals surface area (Å²) in [6.45, 7) is 3.92. The van der Waals surface area contributed by atoms with Crippen molar-refractivity contribution < 1.29 is 19.0 Å². The van der Waals surface area contributed by atoms with Crippen LogP contribution in [0.4, 0.5) is 0 Å².